The van der Waals surface area contributed by atoms with Crippen LogP contribution in [0.4, 0.5) is 11.4 Å². The summed E-state index contributed by atoms with van der Waals surface area (Å²) in [5.41, 5.74) is 3.46. The monoisotopic (exact) mass is 542 g/mol. The standard InChI is InChI=1S/C29H22N2O5S2/c1-18-14-21(16-25-10-12-27(37-25)19-2-6-23(7-3-19)30(33)34)29(32)22(15-18)17-26-11-13-28(38-26)20-4-8-24(9-5-20)31(35)36/h2-13,16-18H,14-15H2,1H3/b21-16+,22-17+. The third-order valence-corrected chi connectivity index (χ3v) is 8.49. The summed E-state index contributed by atoms with van der Waals surface area (Å²) in [5, 5.41) is 21.8. The molecule has 0 N–H and O–H groups in total. The minimum Gasteiger partial charge on any atom is -0.289 e. The van der Waals surface area contributed by atoms with E-state index < -0.39 is 9.85 Å². The molecule has 190 valence electrons. The number of nitro benzene ring substituents is 2. The molecule has 0 aliphatic heterocycles. The molecule has 0 spiro atoms. The average Bonchev–Trinajstić information content (AvgIpc) is 3.57. The quantitative estimate of drug-likeness (QED) is 0.138. The van der Waals surface area contributed by atoms with Crippen LogP contribution in [0.25, 0.3) is 33.0 Å². The Morgan fingerprint density at radius 1 is 0.684 bits per heavy atom. The fourth-order valence-corrected chi connectivity index (χ4v) is 6.44. The minimum atomic E-state index is -0.415. The molecule has 7 nitrogen and oxygen atoms in total. The number of carbonyl (C=O) groups is 1. The topological polar surface area (TPSA) is 103 Å². The SMILES string of the molecule is CC1C/C(=C\c2ccc(-c3ccc([N+](=O)[O-])cc3)s2)C(=O)/C(=C/c2ccc(-c3ccc([N+](=O)[O-])cc3)s2)C1. The molecule has 1 saturated carbocycles. The van der Waals surface area contributed by atoms with Crippen molar-refractivity contribution in [3.8, 4) is 20.9 Å². The lowest BCUT2D eigenvalue weighted by Crippen LogP contribution is -2.17. The number of nitrogens with zero attached hydrogens (tertiary/aromatic N) is 2. The summed E-state index contributed by atoms with van der Waals surface area (Å²) in [5.74, 6) is 0.382. The maximum absolute atomic E-state index is 13.4. The molecule has 9 heteroatoms. The number of Topliss-reactive ketones (excluding diaryl/α,β-unsaturated/α-hetero) is 1. The van der Waals surface area contributed by atoms with Gasteiger partial charge in [-0.25, -0.2) is 0 Å². The van der Waals surface area contributed by atoms with Gasteiger partial charge in [-0.2, -0.15) is 0 Å². The van der Waals surface area contributed by atoms with Gasteiger partial charge in [-0.15, -0.1) is 22.7 Å². The van der Waals surface area contributed by atoms with E-state index >= 15 is 0 Å². The molecular weight excluding hydrogens is 520 g/mol. The highest BCUT2D eigenvalue weighted by atomic mass is 32.1. The Labute approximate surface area is 226 Å². The molecule has 0 radical (unpaired) electrons. The van der Waals surface area contributed by atoms with Crippen LogP contribution in [0.2, 0.25) is 0 Å². The number of non-ortho nitro benzene ring substituents is 2. The summed E-state index contributed by atoms with van der Waals surface area (Å²) < 4.78 is 0. The number of ketones is 1. The summed E-state index contributed by atoms with van der Waals surface area (Å²) in [4.78, 5) is 38.3. The van der Waals surface area contributed by atoms with Crippen LogP contribution in [0.3, 0.4) is 0 Å². The van der Waals surface area contributed by atoms with Crippen molar-refractivity contribution in [2.45, 2.75) is 19.8 Å². The van der Waals surface area contributed by atoms with Crippen molar-refractivity contribution >= 4 is 52.0 Å². The van der Waals surface area contributed by atoms with Crippen LogP contribution >= 0.6 is 22.7 Å². The van der Waals surface area contributed by atoms with E-state index in [4.69, 9.17) is 0 Å². The molecule has 5 rings (SSSR count). The number of hydrogen-bond acceptors (Lipinski definition) is 7. The van der Waals surface area contributed by atoms with Gasteiger partial charge < -0.3 is 0 Å². The van der Waals surface area contributed by atoms with Crippen LogP contribution in [0, 0.1) is 26.1 Å². The van der Waals surface area contributed by atoms with Crippen molar-refractivity contribution in [1.82, 2.24) is 0 Å². The molecule has 2 aromatic carbocycles. The van der Waals surface area contributed by atoms with Crippen LogP contribution in [0.5, 0.6) is 0 Å². The smallest absolute Gasteiger partial charge is 0.269 e. The number of benzene rings is 2. The van der Waals surface area contributed by atoms with Gasteiger partial charge in [0.15, 0.2) is 5.78 Å². The highest BCUT2D eigenvalue weighted by molar-refractivity contribution is 7.16. The van der Waals surface area contributed by atoms with Gasteiger partial charge in [-0.05, 0) is 90.6 Å². The first-order valence-corrected chi connectivity index (χ1v) is 13.6. The van der Waals surface area contributed by atoms with Gasteiger partial charge >= 0.3 is 0 Å². The van der Waals surface area contributed by atoms with E-state index in [2.05, 4.69) is 6.92 Å². The molecule has 2 aromatic heterocycles. The summed E-state index contributed by atoms with van der Waals surface area (Å²) in [6.45, 7) is 2.14. The summed E-state index contributed by atoms with van der Waals surface area (Å²) in [6.07, 6.45) is 5.34. The summed E-state index contributed by atoms with van der Waals surface area (Å²) >= 11 is 3.10. The Kier molecular flexibility index (Phi) is 7.13. The zero-order valence-corrected chi connectivity index (χ0v) is 22.0. The van der Waals surface area contributed by atoms with Gasteiger partial charge in [0, 0.05) is 54.9 Å². The number of allylic oxidation sites excluding steroid dienone is 2. The van der Waals surface area contributed by atoms with E-state index in [1.54, 1.807) is 46.9 Å². The van der Waals surface area contributed by atoms with Crippen molar-refractivity contribution in [3.05, 3.63) is 114 Å². The predicted octanol–water partition coefficient (Wildman–Crippen LogP) is 8.43. The van der Waals surface area contributed by atoms with E-state index in [0.717, 1.165) is 41.8 Å². The highest BCUT2D eigenvalue weighted by Crippen LogP contribution is 2.37. The zero-order chi connectivity index (χ0) is 26.8. The highest BCUT2D eigenvalue weighted by Gasteiger charge is 2.25. The van der Waals surface area contributed by atoms with Crippen LogP contribution in [0.1, 0.15) is 29.5 Å². The second-order valence-electron chi connectivity index (χ2n) is 9.19. The third kappa shape index (κ3) is 5.53. The fraction of sp³-hybridized carbons (Fsp3) is 0.138. The van der Waals surface area contributed by atoms with Crippen LogP contribution in [-0.2, 0) is 4.79 Å². The maximum Gasteiger partial charge on any atom is 0.269 e. The molecule has 1 aliphatic carbocycles. The maximum atomic E-state index is 13.4. The molecule has 0 unspecified atom stereocenters. The minimum absolute atomic E-state index is 0.0543. The summed E-state index contributed by atoms with van der Waals surface area (Å²) in [6, 6.07) is 20.8. The number of rotatable bonds is 6. The van der Waals surface area contributed by atoms with Crippen LogP contribution < -0.4 is 0 Å². The Hall–Kier alpha value is -4.21. The number of hydrogen-bond donors (Lipinski definition) is 0. The lowest BCUT2D eigenvalue weighted by molar-refractivity contribution is -0.385. The second kappa shape index (κ2) is 10.6. The Morgan fingerprint density at radius 2 is 1.08 bits per heavy atom. The molecular formula is C29H22N2O5S2. The number of carbonyl (C=O) groups excluding carboxylic acids is 1. The van der Waals surface area contributed by atoms with Gasteiger partial charge in [0.05, 0.1) is 9.85 Å². The normalized spacial score (nSPS) is 17.7. The fourth-order valence-electron chi connectivity index (χ4n) is 4.47. The van der Waals surface area contributed by atoms with Crippen molar-refractivity contribution < 1.29 is 14.6 Å². The first kappa shape index (κ1) is 25.4. The molecule has 38 heavy (non-hydrogen) atoms. The lowest BCUT2D eigenvalue weighted by Gasteiger charge is -2.22. The Morgan fingerprint density at radius 3 is 1.45 bits per heavy atom. The first-order chi connectivity index (χ1) is 18.3. The molecule has 0 atom stereocenters. The third-order valence-electron chi connectivity index (χ3n) is 6.33. The first-order valence-electron chi connectivity index (χ1n) is 11.9. The average molecular weight is 543 g/mol. The molecule has 0 saturated heterocycles. The Balaban J connectivity index is 1.35. The van der Waals surface area contributed by atoms with Crippen LogP contribution in [0.15, 0.2) is 83.9 Å². The van der Waals surface area contributed by atoms with E-state index in [1.165, 1.54) is 24.3 Å². The van der Waals surface area contributed by atoms with Gasteiger partial charge in [0.1, 0.15) is 0 Å². The number of thiophene rings is 2. The van der Waals surface area contributed by atoms with Crippen molar-refractivity contribution in [3.63, 3.8) is 0 Å². The molecule has 0 amide bonds. The lowest BCUT2D eigenvalue weighted by atomic mass is 9.81. The van der Waals surface area contributed by atoms with Crippen molar-refractivity contribution in [2.75, 3.05) is 0 Å². The second-order valence-corrected chi connectivity index (χ2v) is 11.4. The molecule has 2 heterocycles. The van der Waals surface area contributed by atoms with Gasteiger partial charge in [0.25, 0.3) is 11.4 Å². The van der Waals surface area contributed by atoms with Gasteiger partial charge in [-0.3, -0.25) is 25.0 Å². The number of nitro groups is 2. The summed E-state index contributed by atoms with van der Waals surface area (Å²) in [7, 11) is 0. The van der Waals surface area contributed by atoms with E-state index in [1.807, 2.05) is 36.4 Å². The van der Waals surface area contributed by atoms with Crippen LogP contribution in [-0.4, -0.2) is 15.6 Å². The molecule has 4 aromatic rings. The zero-order valence-electron chi connectivity index (χ0n) is 20.3. The van der Waals surface area contributed by atoms with Gasteiger partial charge in [0.2, 0.25) is 0 Å². The van der Waals surface area contributed by atoms with E-state index in [9.17, 15) is 25.0 Å². The van der Waals surface area contributed by atoms with Crippen molar-refractivity contribution in [2.24, 2.45) is 5.92 Å². The molecule has 1 aliphatic rings. The van der Waals surface area contributed by atoms with Crippen molar-refractivity contribution in [1.29, 1.82) is 0 Å². The Bertz CT molecular complexity index is 1480. The van der Waals surface area contributed by atoms with E-state index in [0.29, 0.717) is 18.8 Å². The van der Waals surface area contributed by atoms with Gasteiger partial charge in [-0.1, -0.05) is 6.92 Å². The largest absolute Gasteiger partial charge is 0.289 e. The molecule has 1 fully saturated rings. The molecule has 0 bridgehead atoms. The predicted molar refractivity (Wildman–Crippen MR) is 152 cm³/mol. The van der Waals surface area contributed by atoms with E-state index in [-0.39, 0.29) is 17.2 Å².